The number of nitrogens with zero attached hydrogens (tertiary/aromatic N) is 1. The van der Waals surface area contributed by atoms with Gasteiger partial charge in [-0.1, -0.05) is 17.7 Å². The molecule has 1 aromatic rings. The summed E-state index contributed by atoms with van der Waals surface area (Å²) < 4.78 is 5.53. The van der Waals surface area contributed by atoms with Gasteiger partial charge in [-0.15, -0.1) is 0 Å². The van der Waals surface area contributed by atoms with Gasteiger partial charge < -0.3 is 19.7 Å². The van der Waals surface area contributed by atoms with Crippen molar-refractivity contribution in [2.45, 2.75) is 45.6 Å². The summed E-state index contributed by atoms with van der Waals surface area (Å²) in [5, 5.41) is 2.94. The molecule has 2 amide bonds. The van der Waals surface area contributed by atoms with Crippen LogP contribution in [0.25, 0.3) is 0 Å². The van der Waals surface area contributed by atoms with Gasteiger partial charge in [0.25, 0.3) is 5.91 Å². The zero-order chi connectivity index (χ0) is 18.2. The van der Waals surface area contributed by atoms with Crippen molar-refractivity contribution in [2.75, 3.05) is 19.7 Å². The highest BCUT2D eigenvalue weighted by Gasteiger charge is 2.24. The number of hydrogen-bond acceptors (Lipinski definition) is 4. The predicted molar refractivity (Wildman–Crippen MR) is 94.3 cm³/mol. The van der Waals surface area contributed by atoms with Crippen LogP contribution in [0.3, 0.4) is 0 Å². The third-order valence-corrected chi connectivity index (χ3v) is 4.30. The number of rotatable bonds is 7. The lowest BCUT2D eigenvalue weighted by atomic mass is 10.0. The van der Waals surface area contributed by atoms with E-state index in [-0.39, 0.29) is 43.1 Å². The van der Waals surface area contributed by atoms with Crippen LogP contribution in [0.1, 0.15) is 38.2 Å². The number of hydrogen-bond donors (Lipinski definition) is 1. The molecule has 0 saturated carbocycles. The molecular weight excluding hydrogens is 320 g/mol. The number of benzene rings is 1. The van der Waals surface area contributed by atoms with Crippen LogP contribution in [0.2, 0.25) is 0 Å². The van der Waals surface area contributed by atoms with E-state index in [4.69, 9.17) is 4.74 Å². The third kappa shape index (κ3) is 6.57. The fraction of sp³-hybridized carbons (Fsp3) is 0.526. The molecular formula is C19H26N2O4. The Labute approximate surface area is 148 Å². The van der Waals surface area contributed by atoms with Gasteiger partial charge in [-0.25, -0.2) is 0 Å². The molecule has 0 aliphatic carbocycles. The van der Waals surface area contributed by atoms with Gasteiger partial charge in [0.05, 0.1) is 0 Å². The van der Waals surface area contributed by atoms with Crippen molar-refractivity contribution in [2.24, 2.45) is 0 Å². The molecule has 0 atom stereocenters. The smallest absolute Gasteiger partial charge is 0.260 e. The van der Waals surface area contributed by atoms with E-state index in [0.717, 1.165) is 18.4 Å². The molecule has 1 aliphatic heterocycles. The van der Waals surface area contributed by atoms with Gasteiger partial charge >= 0.3 is 0 Å². The molecule has 25 heavy (non-hydrogen) atoms. The van der Waals surface area contributed by atoms with Gasteiger partial charge in [-0.2, -0.15) is 0 Å². The lowest BCUT2D eigenvalue weighted by molar-refractivity contribution is -0.134. The Kier molecular flexibility index (Phi) is 6.98. The van der Waals surface area contributed by atoms with Crippen LogP contribution in [-0.4, -0.2) is 48.2 Å². The van der Waals surface area contributed by atoms with Gasteiger partial charge in [-0.3, -0.25) is 9.59 Å². The maximum atomic E-state index is 12.2. The van der Waals surface area contributed by atoms with Gasteiger partial charge in [0.2, 0.25) is 5.91 Å². The van der Waals surface area contributed by atoms with E-state index in [1.807, 2.05) is 31.2 Å². The van der Waals surface area contributed by atoms with Crippen molar-refractivity contribution < 1.29 is 19.1 Å². The molecule has 6 heteroatoms. The summed E-state index contributed by atoms with van der Waals surface area (Å²) in [4.78, 5) is 36.6. The fourth-order valence-corrected chi connectivity index (χ4v) is 2.73. The van der Waals surface area contributed by atoms with E-state index in [0.29, 0.717) is 18.8 Å². The molecule has 1 saturated heterocycles. The zero-order valence-electron chi connectivity index (χ0n) is 14.9. The van der Waals surface area contributed by atoms with E-state index in [9.17, 15) is 14.4 Å². The third-order valence-electron chi connectivity index (χ3n) is 4.30. The Morgan fingerprint density at radius 3 is 2.36 bits per heavy atom. The summed E-state index contributed by atoms with van der Waals surface area (Å²) in [5.74, 6) is 0.570. The van der Waals surface area contributed by atoms with Crippen molar-refractivity contribution in [3.05, 3.63) is 29.8 Å². The van der Waals surface area contributed by atoms with E-state index < -0.39 is 0 Å². The lowest BCUT2D eigenvalue weighted by Gasteiger charge is -2.32. The SMILES string of the molecule is CC(=O)CCC(=O)NC1CCN(C(=O)COc2ccc(C)cc2)CC1. The van der Waals surface area contributed by atoms with E-state index in [1.165, 1.54) is 6.92 Å². The summed E-state index contributed by atoms with van der Waals surface area (Å²) >= 11 is 0. The number of aryl methyl sites for hydroxylation is 1. The molecule has 1 aromatic carbocycles. The summed E-state index contributed by atoms with van der Waals surface area (Å²) in [5.41, 5.74) is 1.14. The minimum Gasteiger partial charge on any atom is -0.484 e. The first-order valence-electron chi connectivity index (χ1n) is 8.70. The lowest BCUT2D eigenvalue weighted by Crippen LogP contribution is -2.47. The van der Waals surface area contributed by atoms with Crippen LogP contribution in [0.15, 0.2) is 24.3 Å². The Hall–Kier alpha value is -2.37. The molecule has 6 nitrogen and oxygen atoms in total. The molecule has 0 bridgehead atoms. The number of amides is 2. The quantitative estimate of drug-likeness (QED) is 0.817. The molecule has 1 fully saturated rings. The number of likely N-dealkylation sites (tertiary alicyclic amines) is 1. The topological polar surface area (TPSA) is 75.7 Å². The van der Waals surface area contributed by atoms with E-state index in [2.05, 4.69) is 5.32 Å². The number of ketones is 1. The number of piperidine rings is 1. The number of Topliss-reactive ketones (excluding diaryl/α,β-unsaturated/α-hetero) is 1. The summed E-state index contributed by atoms with van der Waals surface area (Å²) in [7, 11) is 0. The number of carbonyl (C=O) groups is 3. The van der Waals surface area contributed by atoms with Crippen LogP contribution in [0.4, 0.5) is 0 Å². The Morgan fingerprint density at radius 1 is 1.12 bits per heavy atom. The largest absolute Gasteiger partial charge is 0.484 e. The minimum atomic E-state index is -0.0947. The van der Waals surface area contributed by atoms with Crippen molar-refractivity contribution in [3.8, 4) is 5.75 Å². The van der Waals surface area contributed by atoms with Gasteiger partial charge in [0.15, 0.2) is 6.61 Å². The molecule has 2 rings (SSSR count). The summed E-state index contributed by atoms with van der Waals surface area (Å²) in [6, 6.07) is 7.67. The second kappa shape index (κ2) is 9.20. The van der Waals surface area contributed by atoms with E-state index >= 15 is 0 Å². The number of ether oxygens (including phenoxy) is 1. The van der Waals surface area contributed by atoms with Crippen LogP contribution in [-0.2, 0) is 14.4 Å². The predicted octanol–water partition coefficient (Wildman–Crippen LogP) is 1.85. The highest BCUT2D eigenvalue weighted by atomic mass is 16.5. The standard InChI is InChI=1S/C19H26N2O4/c1-14-3-6-17(7-4-14)25-13-19(24)21-11-9-16(10-12-21)20-18(23)8-5-15(2)22/h3-4,6-7,16H,5,8-13H2,1-2H3,(H,20,23). The van der Waals surface area contributed by atoms with Gasteiger partial charge in [-0.05, 0) is 38.8 Å². The molecule has 1 aliphatic rings. The molecule has 0 spiro atoms. The van der Waals surface area contributed by atoms with Gasteiger partial charge in [0, 0.05) is 32.0 Å². The number of nitrogens with one attached hydrogen (secondary N) is 1. The van der Waals surface area contributed by atoms with Crippen molar-refractivity contribution in [1.82, 2.24) is 10.2 Å². The molecule has 136 valence electrons. The molecule has 0 unspecified atom stereocenters. The zero-order valence-corrected chi connectivity index (χ0v) is 14.9. The molecule has 1 heterocycles. The second-order valence-corrected chi connectivity index (χ2v) is 6.53. The van der Waals surface area contributed by atoms with Gasteiger partial charge in [0.1, 0.15) is 11.5 Å². The first-order chi connectivity index (χ1) is 11.9. The second-order valence-electron chi connectivity index (χ2n) is 6.53. The average Bonchev–Trinajstić information content (AvgIpc) is 2.60. The van der Waals surface area contributed by atoms with Crippen molar-refractivity contribution in [1.29, 1.82) is 0 Å². The maximum absolute atomic E-state index is 12.2. The fourth-order valence-electron chi connectivity index (χ4n) is 2.73. The van der Waals surface area contributed by atoms with Crippen LogP contribution < -0.4 is 10.1 Å². The highest BCUT2D eigenvalue weighted by Crippen LogP contribution is 2.14. The first-order valence-corrected chi connectivity index (χ1v) is 8.70. The van der Waals surface area contributed by atoms with Crippen LogP contribution in [0, 0.1) is 6.92 Å². The summed E-state index contributed by atoms with van der Waals surface area (Å²) in [6.45, 7) is 4.72. The molecule has 1 N–H and O–H groups in total. The van der Waals surface area contributed by atoms with Crippen LogP contribution in [0.5, 0.6) is 5.75 Å². The summed E-state index contributed by atoms with van der Waals surface area (Å²) in [6.07, 6.45) is 1.96. The van der Waals surface area contributed by atoms with Crippen LogP contribution >= 0.6 is 0 Å². The minimum absolute atomic E-state index is 0.0177. The van der Waals surface area contributed by atoms with Crippen molar-refractivity contribution >= 4 is 17.6 Å². The average molecular weight is 346 g/mol. The Balaban J connectivity index is 1.68. The number of carbonyl (C=O) groups excluding carboxylic acids is 3. The first kappa shape index (κ1) is 19.0. The maximum Gasteiger partial charge on any atom is 0.260 e. The normalized spacial score (nSPS) is 14.9. The Morgan fingerprint density at radius 2 is 1.76 bits per heavy atom. The Bertz CT molecular complexity index is 604. The van der Waals surface area contributed by atoms with Crippen molar-refractivity contribution in [3.63, 3.8) is 0 Å². The highest BCUT2D eigenvalue weighted by molar-refractivity contribution is 5.83. The molecule has 0 aromatic heterocycles. The monoisotopic (exact) mass is 346 g/mol. The van der Waals surface area contributed by atoms with E-state index in [1.54, 1.807) is 4.90 Å². The molecule has 0 radical (unpaired) electrons.